The first-order valence-corrected chi connectivity index (χ1v) is 10.7. The third kappa shape index (κ3) is 4.59. The van der Waals surface area contributed by atoms with Gasteiger partial charge in [0, 0.05) is 29.4 Å². The zero-order chi connectivity index (χ0) is 18.0. The predicted octanol–water partition coefficient (Wildman–Crippen LogP) is 2.31. The number of rotatable bonds is 4. The van der Waals surface area contributed by atoms with Crippen molar-refractivity contribution in [1.82, 2.24) is 0 Å². The summed E-state index contributed by atoms with van der Waals surface area (Å²) < 4.78 is 28.6. The SMILES string of the molecule is CS(=O)(=O)CC[C@H]1N=C(C2CCCOC2)c2ccc(Cl)cc2NC1=O. The number of amides is 1. The Labute approximate surface area is 152 Å². The maximum Gasteiger partial charge on any atom is 0.249 e. The van der Waals surface area contributed by atoms with Crippen LogP contribution in [0.15, 0.2) is 23.2 Å². The minimum Gasteiger partial charge on any atom is -0.381 e. The van der Waals surface area contributed by atoms with Crippen LogP contribution in [0.25, 0.3) is 0 Å². The average Bonchev–Trinajstić information content (AvgIpc) is 2.69. The van der Waals surface area contributed by atoms with Gasteiger partial charge in [-0.1, -0.05) is 11.6 Å². The van der Waals surface area contributed by atoms with Crippen LogP contribution in [0.2, 0.25) is 5.02 Å². The Kier molecular flexibility index (Phi) is 5.46. The van der Waals surface area contributed by atoms with Crippen molar-refractivity contribution in [2.24, 2.45) is 10.9 Å². The molecule has 0 aliphatic carbocycles. The van der Waals surface area contributed by atoms with Gasteiger partial charge in [0.2, 0.25) is 5.91 Å². The molecular weight excluding hydrogens is 364 g/mol. The molecule has 1 saturated heterocycles. The summed E-state index contributed by atoms with van der Waals surface area (Å²) in [6, 6.07) is 4.58. The lowest BCUT2D eigenvalue weighted by Gasteiger charge is -2.24. The number of ether oxygens (including phenoxy) is 1. The molecule has 2 heterocycles. The van der Waals surface area contributed by atoms with E-state index in [4.69, 9.17) is 16.3 Å². The van der Waals surface area contributed by atoms with E-state index in [1.807, 2.05) is 6.07 Å². The molecule has 0 spiro atoms. The van der Waals surface area contributed by atoms with Crippen LogP contribution in [0.4, 0.5) is 5.69 Å². The molecule has 0 saturated carbocycles. The van der Waals surface area contributed by atoms with E-state index in [1.165, 1.54) is 0 Å². The number of hydrogen-bond acceptors (Lipinski definition) is 5. The van der Waals surface area contributed by atoms with E-state index < -0.39 is 15.9 Å². The van der Waals surface area contributed by atoms with Gasteiger partial charge in [-0.25, -0.2) is 8.42 Å². The van der Waals surface area contributed by atoms with Crippen LogP contribution >= 0.6 is 11.6 Å². The van der Waals surface area contributed by atoms with Crippen LogP contribution in [0.5, 0.6) is 0 Å². The third-order valence-corrected chi connectivity index (χ3v) is 5.63. The molecule has 0 aromatic heterocycles. The monoisotopic (exact) mass is 384 g/mol. The van der Waals surface area contributed by atoms with Gasteiger partial charge >= 0.3 is 0 Å². The maximum atomic E-state index is 12.5. The molecule has 0 radical (unpaired) electrons. The van der Waals surface area contributed by atoms with Crippen LogP contribution in [0.3, 0.4) is 0 Å². The lowest BCUT2D eigenvalue weighted by molar-refractivity contribution is -0.117. The minimum absolute atomic E-state index is 0.0832. The molecule has 8 heteroatoms. The van der Waals surface area contributed by atoms with Crippen LogP contribution in [0.1, 0.15) is 24.8 Å². The molecule has 1 unspecified atom stereocenters. The summed E-state index contributed by atoms with van der Waals surface area (Å²) in [6.07, 6.45) is 3.18. The number of aliphatic imine (C=N–C) groups is 1. The number of carbonyl (C=O) groups excluding carboxylic acids is 1. The van der Waals surface area contributed by atoms with Gasteiger partial charge in [0.15, 0.2) is 0 Å². The van der Waals surface area contributed by atoms with E-state index in [9.17, 15) is 13.2 Å². The number of hydrogen-bond donors (Lipinski definition) is 1. The van der Waals surface area contributed by atoms with E-state index in [0.717, 1.165) is 37.0 Å². The van der Waals surface area contributed by atoms with Crippen molar-refractivity contribution >= 4 is 38.7 Å². The van der Waals surface area contributed by atoms with Crippen LogP contribution in [-0.4, -0.2) is 51.3 Å². The number of nitrogens with zero attached hydrogens (tertiary/aromatic N) is 1. The number of nitrogens with one attached hydrogen (secondary N) is 1. The smallest absolute Gasteiger partial charge is 0.249 e. The van der Waals surface area contributed by atoms with Crippen LogP contribution in [0, 0.1) is 5.92 Å². The van der Waals surface area contributed by atoms with Crippen molar-refractivity contribution in [2.45, 2.75) is 25.3 Å². The lowest BCUT2D eigenvalue weighted by atomic mass is 9.91. The Morgan fingerprint density at radius 3 is 2.88 bits per heavy atom. The molecule has 1 aromatic rings. The average molecular weight is 385 g/mol. The molecular formula is C17H21ClN2O4S. The number of halogens is 1. The summed E-state index contributed by atoms with van der Waals surface area (Å²) in [6.45, 7) is 1.28. The maximum absolute atomic E-state index is 12.5. The largest absolute Gasteiger partial charge is 0.381 e. The van der Waals surface area contributed by atoms with Crippen molar-refractivity contribution < 1.29 is 17.9 Å². The Morgan fingerprint density at radius 2 is 2.20 bits per heavy atom. The highest BCUT2D eigenvalue weighted by atomic mass is 35.5. The highest BCUT2D eigenvalue weighted by molar-refractivity contribution is 7.90. The standard InChI is InChI=1S/C17H21ClN2O4S/c1-25(22,23)8-6-14-17(21)20-15-9-12(18)4-5-13(15)16(19-14)11-3-2-7-24-10-11/h4-5,9,11,14H,2-3,6-8,10H2,1H3,(H,20,21)/t11?,14-/m1/s1. The summed E-state index contributed by atoms with van der Waals surface area (Å²) in [5.74, 6) is -0.304. The predicted molar refractivity (Wildman–Crippen MR) is 98.3 cm³/mol. The topological polar surface area (TPSA) is 84.8 Å². The Bertz CT molecular complexity index is 801. The molecule has 6 nitrogen and oxygen atoms in total. The molecule has 3 rings (SSSR count). The fourth-order valence-electron chi connectivity index (χ4n) is 3.16. The molecule has 1 aromatic carbocycles. The van der Waals surface area contributed by atoms with Crippen LogP contribution in [-0.2, 0) is 19.4 Å². The van der Waals surface area contributed by atoms with Crippen molar-refractivity contribution in [3.05, 3.63) is 28.8 Å². The number of carbonyl (C=O) groups is 1. The first-order chi connectivity index (χ1) is 11.8. The van der Waals surface area contributed by atoms with Gasteiger partial charge in [-0.2, -0.15) is 0 Å². The van der Waals surface area contributed by atoms with E-state index >= 15 is 0 Å². The van der Waals surface area contributed by atoms with Gasteiger partial charge in [0.25, 0.3) is 0 Å². The van der Waals surface area contributed by atoms with Gasteiger partial charge in [0.1, 0.15) is 15.9 Å². The first kappa shape index (κ1) is 18.4. The molecule has 136 valence electrons. The third-order valence-electron chi connectivity index (χ3n) is 4.42. The summed E-state index contributed by atoms with van der Waals surface area (Å²) in [5, 5.41) is 3.37. The molecule has 2 atom stereocenters. The molecule has 2 aliphatic heterocycles. The lowest BCUT2D eigenvalue weighted by Crippen LogP contribution is -2.29. The second-order valence-electron chi connectivity index (χ2n) is 6.54. The molecule has 1 fully saturated rings. The van der Waals surface area contributed by atoms with Gasteiger partial charge in [0.05, 0.1) is 23.8 Å². The summed E-state index contributed by atoms with van der Waals surface area (Å²) in [4.78, 5) is 17.2. The molecule has 2 aliphatic rings. The quantitative estimate of drug-likeness (QED) is 0.863. The van der Waals surface area contributed by atoms with Crippen LogP contribution < -0.4 is 5.32 Å². The van der Waals surface area contributed by atoms with Gasteiger partial charge in [-0.3, -0.25) is 9.79 Å². The highest BCUT2D eigenvalue weighted by Gasteiger charge is 2.30. The van der Waals surface area contributed by atoms with E-state index in [2.05, 4.69) is 10.3 Å². The second kappa shape index (κ2) is 7.43. The van der Waals surface area contributed by atoms with Gasteiger partial charge in [-0.15, -0.1) is 0 Å². The van der Waals surface area contributed by atoms with Gasteiger partial charge < -0.3 is 10.1 Å². The summed E-state index contributed by atoms with van der Waals surface area (Å²) in [5.41, 5.74) is 2.24. The summed E-state index contributed by atoms with van der Waals surface area (Å²) in [7, 11) is -3.17. The second-order valence-corrected chi connectivity index (χ2v) is 9.24. The van der Waals surface area contributed by atoms with E-state index in [1.54, 1.807) is 12.1 Å². The molecule has 25 heavy (non-hydrogen) atoms. The first-order valence-electron chi connectivity index (χ1n) is 8.27. The fraction of sp³-hybridized carbons (Fsp3) is 0.529. The van der Waals surface area contributed by atoms with Crippen molar-refractivity contribution in [3.63, 3.8) is 0 Å². The van der Waals surface area contributed by atoms with E-state index in [0.29, 0.717) is 17.3 Å². The van der Waals surface area contributed by atoms with Crippen molar-refractivity contribution in [2.75, 3.05) is 30.5 Å². The zero-order valence-corrected chi connectivity index (χ0v) is 15.6. The fourth-order valence-corrected chi connectivity index (χ4v) is 3.98. The molecule has 1 amide bonds. The number of fused-ring (bicyclic) bond motifs is 1. The van der Waals surface area contributed by atoms with E-state index in [-0.39, 0.29) is 24.0 Å². The zero-order valence-electron chi connectivity index (χ0n) is 14.0. The number of anilines is 1. The summed E-state index contributed by atoms with van der Waals surface area (Å²) >= 11 is 6.07. The number of benzodiazepines with no additional fused rings is 1. The van der Waals surface area contributed by atoms with Gasteiger partial charge in [-0.05, 0) is 37.5 Å². The number of sulfone groups is 1. The Balaban J connectivity index is 1.99. The van der Waals surface area contributed by atoms with Crippen molar-refractivity contribution in [3.8, 4) is 0 Å². The highest BCUT2D eigenvalue weighted by Crippen LogP contribution is 2.30. The number of benzene rings is 1. The Hall–Kier alpha value is -1.44. The normalized spacial score (nSPS) is 24.1. The van der Waals surface area contributed by atoms with Crippen molar-refractivity contribution in [1.29, 1.82) is 0 Å². The molecule has 1 N–H and O–H groups in total. The molecule has 0 bridgehead atoms. The Morgan fingerprint density at radius 1 is 1.40 bits per heavy atom. The minimum atomic E-state index is -3.17.